The molecule has 4 heteroatoms. The van der Waals surface area contributed by atoms with Gasteiger partial charge in [0.15, 0.2) is 6.61 Å². The quantitative estimate of drug-likeness (QED) is 0.683. The second-order valence-corrected chi connectivity index (χ2v) is 6.06. The van der Waals surface area contributed by atoms with Gasteiger partial charge in [0.2, 0.25) is 0 Å². The predicted molar refractivity (Wildman–Crippen MR) is 104 cm³/mol. The van der Waals surface area contributed by atoms with Crippen molar-refractivity contribution < 1.29 is 14.3 Å². The third-order valence-corrected chi connectivity index (χ3v) is 4.18. The lowest BCUT2D eigenvalue weighted by Crippen LogP contribution is -2.31. The summed E-state index contributed by atoms with van der Waals surface area (Å²) >= 11 is 0. The van der Waals surface area contributed by atoms with Gasteiger partial charge in [-0.3, -0.25) is 4.79 Å². The molecule has 0 aliphatic carbocycles. The Morgan fingerprint density at radius 1 is 0.962 bits per heavy atom. The van der Waals surface area contributed by atoms with Gasteiger partial charge < -0.3 is 14.8 Å². The molecule has 0 aliphatic rings. The molecule has 3 aromatic rings. The molecule has 0 spiro atoms. The Hall–Kier alpha value is -3.01. The van der Waals surface area contributed by atoms with Gasteiger partial charge in [-0.15, -0.1) is 0 Å². The first-order chi connectivity index (χ1) is 12.7. The number of carbonyl (C=O) groups excluding carboxylic acids is 1. The van der Waals surface area contributed by atoms with E-state index in [4.69, 9.17) is 9.47 Å². The summed E-state index contributed by atoms with van der Waals surface area (Å²) in [5.41, 5.74) is 1.02. The number of fused-ring (bicyclic) bond motifs is 1. The summed E-state index contributed by atoms with van der Waals surface area (Å²) in [5.74, 6) is 1.39. The largest absolute Gasteiger partial charge is 0.494 e. The smallest absolute Gasteiger partial charge is 0.258 e. The summed E-state index contributed by atoms with van der Waals surface area (Å²) in [4.78, 5) is 12.2. The van der Waals surface area contributed by atoms with Crippen LogP contribution in [0.5, 0.6) is 11.5 Å². The van der Waals surface area contributed by atoms with Crippen LogP contribution in [-0.2, 0) is 4.79 Å². The van der Waals surface area contributed by atoms with Crippen LogP contribution >= 0.6 is 0 Å². The van der Waals surface area contributed by atoms with Crippen LogP contribution in [0.15, 0.2) is 66.7 Å². The van der Waals surface area contributed by atoms with Crippen LogP contribution in [-0.4, -0.2) is 19.1 Å². The van der Waals surface area contributed by atoms with E-state index >= 15 is 0 Å². The molecular formula is C22H23NO3. The van der Waals surface area contributed by atoms with Gasteiger partial charge in [0.25, 0.3) is 5.91 Å². The zero-order chi connectivity index (χ0) is 18.4. The molecule has 26 heavy (non-hydrogen) atoms. The van der Waals surface area contributed by atoms with E-state index in [1.165, 1.54) is 0 Å². The molecule has 1 amide bonds. The Morgan fingerprint density at radius 3 is 2.46 bits per heavy atom. The Morgan fingerprint density at radius 2 is 1.69 bits per heavy atom. The van der Waals surface area contributed by atoms with Crippen LogP contribution in [0.1, 0.15) is 25.5 Å². The fraction of sp³-hybridized carbons (Fsp3) is 0.227. The lowest BCUT2D eigenvalue weighted by atomic mass is 10.1. The number of hydrogen-bond acceptors (Lipinski definition) is 3. The second kappa shape index (κ2) is 8.39. The van der Waals surface area contributed by atoms with E-state index in [-0.39, 0.29) is 18.6 Å². The van der Waals surface area contributed by atoms with Gasteiger partial charge in [0.1, 0.15) is 11.5 Å². The molecular weight excluding hydrogens is 326 g/mol. The normalized spacial score (nSPS) is 11.8. The molecule has 0 radical (unpaired) electrons. The molecule has 0 saturated carbocycles. The lowest BCUT2D eigenvalue weighted by molar-refractivity contribution is -0.123. The predicted octanol–water partition coefficient (Wildman–Crippen LogP) is 4.49. The molecule has 0 fully saturated rings. The van der Waals surface area contributed by atoms with Crippen LogP contribution in [0.3, 0.4) is 0 Å². The highest BCUT2D eigenvalue weighted by Gasteiger charge is 2.11. The molecule has 0 heterocycles. The van der Waals surface area contributed by atoms with Crippen LogP contribution < -0.4 is 14.8 Å². The Bertz CT molecular complexity index is 869. The first-order valence-corrected chi connectivity index (χ1v) is 8.80. The average molecular weight is 349 g/mol. The van der Waals surface area contributed by atoms with Gasteiger partial charge in [-0.1, -0.05) is 48.5 Å². The highest BCUT2D eigenvalue weighted by Crippen LogP contribution is 2.25. The van der Waals surface area contributed by atoms with Crippen molar-refractivity contribution in [3.05, 3.63) is 72.3 Å². The van der Waals surface area contributed by atoms with E-state index in [0.717, 1.165) is 22.1 Å². The van der Waals surface area contributed by atoms with E-state index in [1.54, 1.807) is 0 Å². The van der Waals surface area contributed by atoms with Crippen molar-refractivity contribution in [1.29, 1.82) is 0 Å². The van der Waals surface area contributed by atoms with Gasteiger partial charge in [0.05, 0.1) is 12.6 Å². The third kappa shape index (κ3) is 4.33. The van der Waals surface area contributed by atoms with Crippen molar-refractivity contribution in [3.63, 3.8) is 0 Å². The maximum Gasteiger partial charge on any atom is 0.258 e. The summed E-state index contributed by atoms with van der Waals surface area (Å²) in [6.07, 6.45) is 0. The summed E-state index contributed by atoms with van der Waals surface area (Å²) in [6, 6.07) is 21.4. The fourth-order valence-corrected chi connectivity index (χ4v) is 2.85. The van der Waals surface area contributed by atoms with E-state index < -0.39 is 0 Å². The summed E-state index contributed by atoms with van der Waals surface area (Å²) < 4.78 is 11.2. The topological polar surface area (TPSA) is 47.6 Å². The number of rotatable bonds is 7. The van der Waals surface area contributed by atoms with Crippen molar-refractivity contribution in [2.75, 3.05) is 13.2 Å². The van der Waals surface area contributed by atoms with Crippen LogP contribution in [0, 0.1) is 0 Å². The second-order valence-electron chi connectivity index (χ2n) is 6.06. The molecule has 0 unspecified atom stereocenters. The molecule has 1 atom stereocenters. The molecule has 0 saturated heterocycles. The van der Waals surface area contributed by atoms with Crippen molar-refractivity contribution in [1.82, 2.24) is 5.32 Å². The summed E-state index contributed by atoms with van der Waals surface area (Å²) in [7, 11) is 0. The SMILES string of the molecule is CCOc1ccc([C@H](C)NC(=O)COc2cccc3ccccc23)cc1. The number of nitrogens with one attached hydrogen (secondary N) is 1. The first kappa shape index (κ1) is 17.8. The van der Waals surface area contributed by atoms with Crippen LogP contribution in [0.2, 0.25) is 0 Å². The third-order valence-electron chi connectivity index (χ3n) is 4.18. The molecule has 134 valence electrons. The molecule has 1 N–H and O–H groups in total. The fourth-order valence-electron chi connectivity index (χ4n) is 2.85. The highest BCUT2D eigenvalue weighted by molar-refractivity contribution is 5.88. The van der Waals surface area contributed by atoms with Gasteiger partial charge in [-0.25, -0.2) is 0 Å². The maximum absolute atomic E-state index is 12.2. The maximum atomic E-state index is 12.2. The van der Waals surface area contributed by atoms with Crippen molar-refractivity contribution in [3.8, 4) is 11.5 Å². The van der Waals surface area contributed by atoms with E-state index in [9.17, 15) is 4.79 Å². The minimum atomic E-state index is -0.153. The zero-order valence-corrected chi connectivity index (χ0v) is 15.1. The number of ether oxygens (including phenoxy) is 2. The molecule has 4 nitrogen and oxygen atoms in total. The molecule has 0 aliphatic heterocycles. The van der Waals surface area contributed by atoms with Gasteiger partial charge in [-0.05, 0) is 43.0 Å². The van der Waals surface area contributed by atoms with Crippen LogP contribution in [0.25, 0.3) is 10.8 Å². The number of benzene rings is 3. The van der Waals surface area contributed by atoms with Crippen LogP contribution in [0.4, 0.5) is 0 Å². The Balaban J connectivity index is 1.58. The van der Waals surface area contributed by atoms with Gasteiger partial charge >= 0.3 is 0 Å². The lowest BCUT2D eigenvalue weighted by Gasteiger charge is -2.16. The number of carbonyl (C=O) groups is 1. The van der Waals surface area contributed by atoms with Crippen molar-refractivity contribution in [2.45, 2.75) is 19.9 Å². The zero-order valence-electron chi connectivity index (χ0n) is 15.1. The van der Waals surface area contributed by atoms with E-state index in [2.05, 4.69) is 5.32 Å². The molecule has 3 rings (SSSR count). The Labute approximate surface area is 153 Å². The van der Waals surface area contributed by atoms with Crippen molar-refractivity contribution >= 4 is 16.7 Å². The number of amides is 1. The molecule has 0 bridgehead atoms. The number of hydrogen-bond donors (Lipinski definition) is 1. The first-order valence-electron chi connectivity index (χ1n) is 8.80. The van der Waals surface area contributed by atoms with Gasteiger partial charge in [0, 0.05) is 5.39 Å². The minimum Gasteiger partial charge on any atom is -0.494 e. The highest BCUT2D eigenvalue weighted by atomic mass is 16.5. The monoisotopic (exact) mass is 349 g/mol. The van der Waals surface area contributed by atoms with E-state index in [0.29, 0.717) is 12.4 Å². The van der Waals surface area contributed by atoms with E-state index in [1.807, 2.05) is 80.6 Å². The summed E-state index contributed by atoms with van der Waals surface area (Å²) in [5, 5.41) is 5.05. The molecule has 0 aromatic heterocycles. The van der Waals surface area contributed by atoms with Gasteiger partial charge in [-0.2, -0.15) is 0 Å². The summed E-state index contributed by atoms with van der Waals surface area (Å²) in [6.45, 7) is 4.52. The molecule has 3 aromatic carbocycles. The average Bonchev–Trinajstić information content (AvgIpc) is 2.67. The van der Waals surface area contributed by atoms with Crippen molar-refractivity contribution in [2.24, 2.45) is 0 Å². The standard InChI is InChI=1S/C22H23NO3/c1-3-25-19-13-11-17(12-14-19)16(2)23-22(24)15-26-21-10-6-8-18-7-4-5-9-20(18)21/h4-14,16H,3,15H2,1-2H3,(H,23,24)/t16-/m0/s1. The minimum absolute atomic E-state index is 0.0185. The Kier molecular flexibility index (Phi) is 5.74.